The van der Waals surface area contributed by atoms with Crippen LogP contribution in [0, 0.1) is 0 Å². The first-order chi connectivity index (χ1) is 9.33. The van der Waals surface area contributed by atoms with Gasteiger partial charge in [0, 0.05) is 18.6 Å². The summed E-state index contributed by atoms with van der Waals surface area (Å²) in [5.41, 5.74) is 1.69. The van der Waals surface area contributed by atoms with Gasteiger partial charge in [0.25, 0.3) is 0 Å². The number of hydrogen-bond acceptors (Lipinski definition) is 3. The zero-order valence-electron chi connectivity index (χ0n) is 10.2. The molecule has 5 nitrogen and oxygen atoms in total. The predicted molar refractivity (Wildman–Crippen MR) is 71.8 cm³/mol. The molecule has 1 N–H and O–H groups in total. The summed E-state index contributed by atoms with van der Waals surface area (Å²) in [6.45, 7) is 0. The van der Waals surface area contributed by atoms with E-state index in [1.807, 2.05) is 34.9 Å². The molecule has 3 rings (SSSR count). The average Bonchev–Trinajstić information content (AvgIpc) is 2.83. The monoisotopic (exact) mass is 252 g/mol. The molecule has 0 aliphatic rings. The number of nitrogens with one attached hydrogen (secondary N) is 1. The Kier molecular flexibility index (Phi) is 2.94. The Morgan fingerprint density at radius 3 is 2.89 bits per heavy atom. The van der Waals surface area contributed by atoms with Crippen molar-refractivity contribution in [2.45, 2.75) is 6.42 Å². The van der Waals surface area contributed by atoms with Crippen LogP contribution >= 0.6 is 0 Å². The third kappa shape index (κ3) is 2.44. The summed E-state index contributed by atoms with van der Waals surface area (Å²) in [7, 11) is 0. The van der Waals surface area contributed by atoms with Crippen molar-refractivity contribution in [1.82, 2.24) is 14.4 Å². The van der Waals surface area contributed by atoms with Crippen LogP contribution in [0.2, 0.25) is 0 Å². The Morgan fingerprint density at radius 2 is 2.05 bits per heavy atom. The smallest absolute Gasteiger partial charge is 0.231 e. The highest BCUT2D eigenvalue weighted by Crippen LogP contribution is 2.08. The van der Waals surface area contributed by atoms with Gasteiger partial charge in [-0.1, -0.05) is 12.1 Å². The number of carbonyl (C=O) groups excluding carboxylic acids is 1. The molecular formula is C14H12N4O. The second-order valence-electron chi connectivity index (χ2n) is 4.12. The van der Waals surface area contributed by atoms with Crippen molar-refractivity contribution in [2.24, 2.45) is 0 Å². The van der Waals surface area contributed by atoms with E-state index in [1.54, 1.807) is 24.5 Å². The fraction of sp³-hybridized carbons (Fsp3) is 0.0714. The second kappa shape index (κ2) is 4.89. The largest absolute Gasteiger partial charge is 0.310 e. The second-order valence-corrected chi connectivity index (χ2v) is 4.12. The highest BCUT2D eigenvalue weighted by atomic mass is 16.1. The van der Waals surface area contributed by atoms with Crippen LogP contribution < -0.4 is 5.32 Å². The molecule has 0 saturated carbocycles. The first kappa shape index (κ1) is 11.4. The molecule has 3 aromatic rings. The van der Waals surface area contributed by atoms with Gasteiger partial charge in [0.2, 0.25) is 5.91 Å². The summed E-state index contributed by atoms with van der Waals surface area (Å²) in [5, 5.41) is 2.75. The maximum atomic E-state index is 11.9. The highest BCUT2D eigenvalue weighted by Gasteiger charge is 2.08. The van der Waals surface area contributed by atoms with E-state index in [9.17, 15) is 4.79 Å². The molecule has 19 heavy (non-hydrogen) atoms. The number of carbonyl (C=O) groups is 1. The first-order valence-electron chi connectivity index (χ1n) is 5.95. The van der Waals surface area contributed by atoms with E-state index in [0.29, 0.717) is 5.82 Å². The molecule has 0 aromatic carbocycles. The van der Waals surface area contributed by atoms with Crippen LogP contribution in [0.5, 0.6) is 0 Å². The standard InChI is InChI=1S/C14H12N4O/c19-14(17-12-5-1-3-7-15-12)9-11-10-16-13-6-2-4-8-18(11)13/h1-8,10H,9H2,(H,15,17,19). The lowest BCUT2D eigenvalue weighted by atomic mass is 10.3. The number of fused-ring (bicyclic) bond motifs is 1. The predicted octanol–water partition coefficient (Wildman–Crippen LogP) is 1.91. The first-order valence-corrected chi connectivity index (χ1v) is 5.95. The van der Waals surface area contributed by atoms with E-state index in [1.165, 1.54) is 0 Å². The number of anilines is 1. The van der Waals surface area contributed by atoms with Crippen LogP contribution in [0.25, 0.3) is 5.65 Å². The zero-order chi connectivity index (χ0) is 13.1. The number of pyridine rings is 2. The zero-order valence-corrected chi connectivity index (χ0v) is 10.2. The molecule has 3 aromatic heterocycles. The normalized spacial score (nSPS) is 10.5. The van der Waals surface area contributed by atoms with Gasteiger partial charge in [-0.15, -0.1) is 0 Å². The fourth-order valence-electron chi connectivity index (χ4n) is 1.90. The Bertz CT molecular complexity index is 706. The van der Waals surface area contributed by atoms with E-state index >= 15 is 0 Å². The Balaban J connectivity index is 1.76. The van der Waals surface area contributed by atoms with Crippen molar-refractivity contribution in [3.63, 3.8) is 0 Å². The fourth-order valence-corrected chi connectivity index (χ4v) is 1.90. The van der Waals surface area contributed by atoms with E-state index in [2.05, 4.69) is 15.3 Å². The number of rotatable bonds is 3. The number of nitrogens with zero attached hydrogens (tertiary/aromatic N) is 3. The van der Waals surface area contributed by atoms with Gasteiger partial charge >= 0.3 is 0 Å². The van der Waals surface area contributed by atoms with Crippen LogP contribution in [0.4, 0.5) is 5.82 Å². The number of hydrogen-bond donors (Lipinski definition) is 1. The third-order valence-corrected chi connectivity index (χ3v) is 2.77. The average molecular weight is 252 g/mol. The summed E-state index contributed by atoms with van der Waals surface area (Å²) < 4.78 is 1.90. The van der Waals surface area contributed by atoms with Gasteiger partial charge in [-0.2, -0.15) is 0 Å². The number of imidazole rings is 1. The topological polar surface area (TPSA) is 59.3 Å². The summed E-state index contributed by atoms with van der Waals surface area (Å²) in [6.07, 6.45) is 5.52. The van der Waals surface area contributed by atoms with Crippen LogP contribution in [0.3, 0.4) is 0 Å². The molecule has 5 heteroatoms. The lowest BCUT2D eigenvalue weighted by Crippen LogP contribution is -2.16. The Labute approximate surface area is 109 Å². The summed E-state index contributed by atoms with van der Waals surface area (Å²) in [5.74, 6) is 0.450. The van der Waals surface area contributed by atoms with Crippen molar-refractivity contribution in [1.29, 1.82) is 0 Å². The van der Waals surface area contributed by atoms with E-state index in [-0.39, 0.29) is 12.3 Å². The minimum Gasteiger partial charge on any atom is -0.310 e. The molecule has 0 radical (unpaired) electrons. The maximum Gasteiger partial charge on any atom is 0.231 e. The van der Waals surface area contributed by atoms with Crippen LogP contribution in [0.15, 0.2) is 55.0 Å². The molecule has 0 fully saturated rings. The Hall–Kier alpha value is -2.69. The number of amides is 1. The highest BCUT2D eigenvalue weighted by molar-refractivity contribution is 5.91. The van der Waals surface area contributed by atoms with Crippen molar-refractivity contribution in [2.75, 3.05) is 5.32 Å². The van der Waals surface area contributed by atoms with Crippen LogP contribution in [0.1, 0.15) is 5.69 Å². The molecule has 0 aliphatic heterocycles. The maximum absolute atomic E-state index is 11.9. The molecule has 0 unspecified atom stereocenters. The van der Waals surface area contributed by atoms with Gasteiger partial charge in [0.1, 0.15) is 11.5 Å². The summed E-state index contributed by atoms with van der Waals surface area (Å²) in [6, 6.07) is 11.1. The quantitative estimate of drug-likeness (QED) is 0.774. The van der Waals surface area contributed by atoms with Gasteiger partial charge in [0.05, 0.1) is 12.1 Å². The van der Waals surface area contributed by atoms with Gasteiger partial charge in [0.15, 0.2) is 0 Å². The molecule has 0 saturated heterocycles. The molecule has 94 valence electrons. The van der Waals surface area contributed by atoms with Crippen LogP contribution in [-0.2, 0) is 11.2 Å². The van der Waals surface area contributed by atoms with Gasteiger partial charge in [-0.25, -0.2) is 9.97 Å². The molecular weight excluding hydrogens is 240 g/mol. The molecule has 3 heterocycles. The summed E-state index contributed by atoms with van der Waals surface area (Å²) >= 11 is 0. The van der Waals surface area contributed by atoms with Gasteiger partial charge < -0.3 is 9.72 Å². The SMILES string of the molecule is O=C(Cc1cnc2ccccn12)Nc1ccccn1. The third-order valence-electron chi connectivity index (χ3n) is 2.77. The van der Waals surface area contributed by atoms with E-state index in [4.69, 9.17) is 0 Å². The molecule has 1 amide bonds. The minimum atomic E-state index is -0.107. The minimum absolute atomic E-state index is 0.107. The van der Waals surface area contributed by atoms with Crippen molar-refractivity contribution in [3.8, 4) is 0 Å². The van der Waals surface area contributed by atoms with Gasteiger partial charge in [-0.05, 0) is 24.3 Å². The number of aromatic nitrogens is 3. The summed E-state index contributed by atoms with van der Waals surface area (Å²) in [4.78, 5) is 20.2. The Morgan fingerprint density at radius 1 is 1.16 bits per heavy atom. The molecule has 0 spiro atoms. The van der Waals surface area contributed by atoms with Crippen LogP contribution in [-0.4, -0.2) is 20.3 Å². The molecule has 0 bridgehead atoms. The lowest BCUT2D eigenvalue weighted by molar-refractivity contribution is -0.115. The lowest BCUT2D eigenvalue weighted by Gasteiger charge is -2.04. The van der Waals surface area contributed by atoms with Crippen molar-refractivity contribution in [3.05, 3.63) is 60.7 Å². The molecule has 0 atom stereocenters. The van der Waals surface area contributed by atoms with Crippen molar-refractivity contribution >= 4 is 17.4 Å². The van der Waals surface area contributed by atoms with Gasteiger partial charge in [-0.3, -0.25) is 4.79 Å². The van der Waals surface area contributed by atoms with Crippen molar-refractivity contribution < 1.29 is 4.79 Å². The van der Waals surface area contributed by atoms with E-state index < -0.39 is 0 Å². The van der Waals surface area contributed by atoms with E-state index in [0.717, 1.165) is 11.3 Å². The molecule has 0 aliphatic carbocycles.